The molecule has 5 nitrogen and oxygen atoms in total. The minimum absolute atomic E-state index is 0.427. The number of aromatic nitrogens is 2. The standard InChI is InChI=1S/C18H12F2N4O/c19-13-6-7-16(20)15(8-13)18(25)23-17(9-21)12-10-22-24(11-12)14-4-2-1-3-5-14/h1-8,10-11,17H,(H,23,25)/t17-/m0/s1. The summed E-state index contributed by atoms with van der Waals surface area (Å²) in [4.78, 5) is 12.1. The van der Waals surface area contributed by atoms with Gasteiger partial charge in [-0.05, 0) is 30.3 Å². The van der Waals surface area contributed by atoms with Crippen LogP contribution >= 0.6 is 0 Å². The Morgan fingerprint density at radius 2 is 1.96 bits per heavy atom. The molecule has 3 aromatic rings. The smallest absolute Gasteiger partial charge is 0.255 e. The number of rotatable bonds is 4. The van der Waals surface area contributed by atoms with Crippen molar-refractivity contribution in [1.82, 2.24) is 15.1 Å². The van der Waals surface area contributed by atoms with Gasteiger partial charge in [0.1, 0.15) is 17.7 Å². The van der Waals surface area contributed by atoms with Gasteiger partial charge in [0.15, 0.2) is 0 Å². The Morgan fingerprint density at radius 3 is 2.68 bits per heavy atom. The molecule has 0 aliphatic carbocycles. The normalized spacial score (nSPS) is 11.6. The number of carbonyl (C=O) groups is 1. The molecule has 0 fully saturated rings. The summed E-state index contributed by atoms with van der Waals surface area (Å²) in [6.07, 6.45) is 3.02. The van der Waals surface area contributed by atoms with Gasteiger partial charge in [-0.1, -0.05) is 18.2 Å². The predicted molar refractivity (Wildman–Crippen MR) is 85.7 cm³/mol. The quantitative estimate of drug-likeness (QED) is 0.794. The lowest BCUT2D eigenvalue weighted by Crippen LogP contribution is -2.28. The molecule has 1 atom stereocenters. The number of nitrogens with zero attached hydrogens (tertiary/aromatic N) is 3. The molecule has 0 bridgehead atoms. The number of benzene rings is 2. The van der Waals surface area contributed by atoms with E-state index in [0.29, 0.717) is 5.56 Å². The van der Waals surface area contributed by atoms with Crippen LogP contribution in [0.1, 0.15) is 22.0 Å². The molecular weight excluding hydrogens is 326 g/mol. The van der Waals surface area contributed by atoms with Crippen LogP contribution in [0.2, 0.25) is 0 Å². The third-order valence-electron chi connectivity index (χ3n) is 3.53. The molecule has 7 heteroatoms. The van der Waals surface area contributed by atoms with Crippen LogP contribution in [-0.4, -0.2) is 15.7 Å². The maximum Gasteiger partial charge on any atom is 0.255 e. The first-order valence-corrected chi connectivity index (χ1v) is 7.34. The average Bonchev–Trinajstić information content (AvgIpc) is 3.12. The largest absolute Gasteiger partial charge is 0.332 e. The molecule has 0 unspecified atom stereocenters. The molecule has 124 valence electrons. The van der Waals surface area contributed by atoms with Gasteiger partial charge in [0.2, 0.25) is 0 Å². The second-order valence-corrected chi connectivity index (χ2v) is 5.21. The molecule has 25 heavy (non-hydrogen) atoms. The van der Waals surface area contributed by atoms with E-state index in [-0.39, 0.29) is 0 Å². The fourth-order valence-corrected chi connectivity index (χ4v) is 2.28. The number of carbonyl (C=O) groups excluding carboxylic acids is 1. The zero-order chi connectivity index (χ0) is 17.8. The topological polar surface area (TPSA) is 70.7 Å². The van der Waals surface area contributed by atoms with Crippen LogP contribution in [-0.2, 0) is 0 Å². The van der Waals surface area contributed by atoms with Gasteiger partial charge in [0.25, 0.3) is 5.91 Å². The number of hydrogen-bond acceptors (Lipinski definition) is 3. The van der Waals surface area contributed by atoms with Gasteiger partial charge in [-0.25, -0.2) is 13.5 Å². The van der Waals surface area contributed by atoms with Gasteiger partial charge >= 0.3 is 0 Å². The van der Waals surface area contributed by atoms with E-state index >= 15 is 0 Å². The van der Waals surface area contributed by atoms with E-state index in [1.165, 1.54) is 6.20 Å². The fraction of sp³-hybridized carbons (Fsp3) is 0.0556. The van der Waals surface area contributed by atoms with Gasteiger partial charge in [0.05, 0.1) is 23.5 Å². The molecule has 0 aliphatic rings. The minimum atomic E-state index is -1.05. The molecule has 0 radical (unpaired) electrons. The van der Waals surface area contributed by atoms with Crippen LogP contribution in [0.15, 0.2) is 60.9 Å². The van der Waals surface area contributed by atoms with E-state index in [2.05, 4.69) is 10.4 Å². The number of nitrogens with one attached hydrogen (secondary N) is 1. The van der Waals surface area contributed by atoms with Crippen molar-refractivity contribution < 1.29 is 13.6 Å². The van der Waals surface area contributed by atoms with Crippen molar-refractivity contribution in [3.8, 4) is 11.8 Å². The Hall–Kier alpha value is -3.53. The number of amides is 1. The molecular formula is C18H12F2N4O. The molecule has 0 aliphatic heterocycles. The Labute approximate surface area is 142 Å². The van der Waals surface area contributed by atoms with Gasteiger partial charge in [-0.15, -0.1) is 0 Å². The fourth-order valence-electron chi connectivity index (χ4n) is 2.28. The Balaban J connectivity index is 1.82. The van der Waals surface area contributed by atoms with E-state index in [0.717, 1.165) is 23.9 Å². The molecule has 0 saturated heterocycles. The number of hydrogen-bond donors (Lipinski definition) is 1. The van der Waals surface area contributed by atoms with Gasteiger partial charge < -0.3 is 5.32 Å². The lowest BCUT2D eigenvalue weighted by atomic mass is 10.1. The molecule has 1 N–H and O–H groups in total. The molecule has 1 amide bonds. The van der Waals surface area contributed by atoms with Gasteiger partial charge in [0, 0.05) is 11.8 Å². The van der Waals surface area contributed by atoms with Crippen molar-refractivity contribution >= 4 is 5.91 Å². The summed E-state index contributed by atoms with van der Waals surface area (Å²) >= 11 is 0. The summed E-state index contributed by atoms with van der Waals surface area (Å²) in [7, 11) is 0. The minimum Gasteiger partial charge on any atom is -0.332 e. The van der Waals surface area contributed by atoms with Crippen molar-refractivity contribution in [3.05, 3.63) is 83.7 Å². The second-order valence-electron chi connectivity index (χ2n) is 5.21. The lowest BCUT2D eigenvalue weighted by Gasteiger charge is -2.10. The zero-order valence-corrected chi connectivity index (χ0v) is 12.9. The maximum absolute atomic E-state index is 13.7. The first-order chi connectivity index (χ1) is 12.1. The highest BCUT2D eigenvalue weighted by Crippen LogP contribution is 2.16. The van der Waals surface area contributed by atoms with Crippen molar-refractivity contribution in [2.24, 2.45) is 0 Å². The monoisotopic (exact) mass is 338 g/mol. The van der Waals surface area contributed by atoms with Crippen LogP contribution < -0.4 is 5.32 Å². The van der Waals surface area contributed by atoms with Crippen molar-refractivity contribution in [2.75, 3.05) is 0 Å². The van der Waals surface area contributed by atoms with E-state index in [4.69, 9.17) is 0 Å². The predicted octanol–water partition coefficient (Wildman–Crippen LogP) is 3.15. The molecule has 0 spiro atoms. The highest BCUT2D eigenvalue weighted by molar-refractivity contribution is 5.94. The first-order valence-electron chi connectivity index (χ1n) is 7.34. The van der Waals surface area contributed by atoms with Gasteiger partial charge in [-0.2, -0.15) is 10.4 Å². The molecule has 2 aromatic carbocycles. The van der Waals surface area contributed by atoms with Gasteiger partial charge in [-0.3, -0.25) is 4.79 Å². The van der Waals surface area contributed by atoms with Crippen LogP contribution in [0.5, 0.6) is 0 Å². The van der Waals surface area contributed by atoms with Crippen molar-refractivity contribution in [2.45, 2.75) is 6.04 Å². The summed E-state index contributed by atoms with van der Waals surface area (Å²) in [6.45, 7) is 0. The van der Waals surface area contributed by atoms with Crippen molar-refractivity contribution in [1.29, 1.82) is 5.26 Å². The van der Waals surface area contributed by atoms with E-state index in [1.54, 1.807) is 10.9 Å². The lowest BCUT2D eigenvalue weighted by molar-refractivity contribution is 0.0940. The third-order valence-corrected chi connectivity index (χ3v) is 3.53. The summed E-state index contributed by atoms with van der Waals surface area (Å²) in [5.41, 5.74) is 0.750. The summed E-state index contributed by atoms with van der Waals surface area (Å²) in [5.74, 6) is -2.48. The zero-order valence-electron chi connectivity index (χ0n) is 12.9. The van der Waals surface area contributed by atoms with Crippen molar-refractivity contribution in [3.63, 3.8) is 0 Å². The van der Waals surface area contributed by atoms with E-state index < -0.39 is 29.1 Å². The second kappa shape index (κ2) is 6.93. The van der Waals surface area contributed by atoms with Crippen LogP contribution in [0.25, 0.3) is 5.69 Å². The Bertz CT molecular complexity index is 947. The van der Waals surface area contributed by atoms with Crippen LogP contribution in [0, 0.1) is 23.0 Å². The molecule has 0 saturated carbocycles. The summed E-state index contributed by atoms with van der Waals surface area (Å²) < 4.78 is 28.4. The van der Waals surface area contributed by atoms with E-state index in [1.807, 2.05) is 36.4 Å². The van der Waals surface area contributed by atoms with Crippen LogP contribution in [0.3, 0.4) is 0 Å². The summed E-state index contributed by atoms with van der Waals surface area (Å²) in [6, 6.07) is 12.6. The summed E-state index contributed by atoms with van der Waals surface area (Å²) in [5, 5.41) is 15.8. The third kappa shape index (κ3) is 3.53. The Kier molecular flexibility index (Phi) is 4.53. The number of para-hydroxylation sites is 1. The SMILES string of the molecule is N#C[C@H](NC(=O)c1cc(F)ccc1F)c1cnn(-c2ccccc2)c1. The highest BCUT2D eigenvalue weighted by atomic mass is 19.1. The first kappa shape index (κ1) is 16.3. The average molecular weight is 338 g/mol. The maximum atomic E-state index is 13.7. The highest BCUT2D eigenvalue weighted by Gasteiger charge is 2.20. The molecule has 1 aromatic heterocycles. The number of nitriles is 1. The number of halogens is 2. The molecule has 1 heterocycles. The van der Waals surface area contributed by atoms with Crippen LogP contribution in [0.4, 0.5) is 8.78 Å². The molecule has 3 rings (SSSR count). The van der Waals surface area contributed by atoms with E-state index in [9.17, 15) is 18.8 Å². The Morgan fingerprint density at radius 1 is 1.20 bits per heavy atom.